The molecule has 0 saturated carbocycles. The minimum atomic E-state index is -0.616. The summed E-state index contributed by atoms with van der Waals surface area (Å²) in [6.45, 7) is 2.57. The molecular formula is C18H20N6O3. The smallest absolute Gasteiger partial charge is 0.322 e. The van der Waals surface area contributed by atoms with E-state index in [0.29, 0.717) is 32.6 Å². The fourth-order valence-corrected chi connectivity index (χ4v) is 3.50. The summed E-state index contributed by atoms with van der Waals surface area (Å²) < 4.78 is 0. The van der Waals surface area contributed by atoms with Gasteiger partial charge in [0.15, 0.2) is 0 Å². The van der Waals surface area contributed by atoms with Crippen LogP contribution < -0.4 is 15.5 Å². The number of carbonyl (C=O) groups is 3. The van der Waals surface area contributed by atoms with Gasteiger partial charge in [-0.2, -0.15) is 0 Å². The average molecular weight is 368 g/mol. The molecule has 2 aliphatic rings. The Balaban J connectivity index is 1.34. The topological polar surface area (TPSA) is 108 Å². The number of para-hydroxylation sites is 1. The first-order valence-electron chi connectivity index (χ1n) is 8.95. The standard InChI is InChI=1S/C18H20N6O3/c25-15(6-5-14-17(26)22-18(27)21-14)23-7-9-24(10-8-23)16-12-3-1-2-4-13(12)19-11-20-16/h1-4,11,14H,5-10H2,(H2,21,22,26,27)/t14-/m0/s1. The van der Waals surface area contributed by atoms with E-state index in [1.165, 1.54) is 0 Å². The third kappa shape index (κ3) is 3.53. The number of amides is 4. The fraction of sp³-hybridized carbons (Fsp3) is 0.389. The van der Waals surface area contributed by atoms with E-state index in [-0.39, 0.29) is 18.2 Å². The molecule has 4 rings (SSSR count). The van der Waals surface area contributed by atoms with Crippen LogP contribution in [0.15, 0.2) is 30.6 Å². The molecule has 1 atom stereocenters. The van der Waals surface area contributed by atoms with Crippen molar-refractivity contribution in [3.8, 4) is 0 Å². The number of urea groups is 1. The lowest BCUT2D eigenvalue weighted by Gasteiger charge is -2.36. The molecule has 0 aliphatic carbocycles. The second-order valence-electron chi connectivity index (χ2n) is 6.64. The van der Waals surface area contributed by atoms with Gasteiger partial charge in [-0.3, -0.25) is 14.9 Å². The Kier molecular flexibility index (Phi) is 4.57. The molecule has 2 aromatic rings. The molecule has 140 valence electrons. The van der Waals surface area contributed by atoms with Gasteiger partial charge in [0.2, 0.25) is 5.91 Å². The molecule has 2 saturated heterocycles. The molecule has 2 fully saturated rings. The molecule has 4 amide bonds. The van der Waals surface area contributed by atoms with Crippen LogP contribution in [0.1, 0.15) is 12.8 Å². The molecule has 0 radical (unpaired) electrons. The third-order valence-corrected chi connectivity index (χ3v) is 4.96. The number of benzene rings is 1. The zero-order valence-corrected chi connectivity index (χ0v) is 14.7. The maximum Gasteiger partial charge on any atom is 0.322 e. The van der Waals surface area contributed by atoms with E-state index in [1.807, 2.05) is 24.3 Å². The molecule has 0 spiro atoms. The highest BCUT2D eigenvalue weighted by atomic mass is 16.2. The first-order chi connectivity index (χ1) is 13.1. The number of imide groups is 1. The van der Waals surface area contributed by atoms with Crippen LogP contribution in [0.3, 0.4) is 0 Å². The Hall–Kier alpha value is -3.23. The van der Waals surface area contributed by atoms with Crippen LogP contribution in [0.5, 0.6) is 0 Å². The molecule has 1 aromatic heterocycles. The second-order valence-corrected chi connectivity index (χ2v) is 6.64. The molecule has 0 unspecified atom stereocenters. The summed E-state index contributed by atoms with van der Waals surface area (Å²) in [5.74, 6) is 0.516. The summed E-state index contributed by atoms with van der Waals surface area (Å²) >= 11 is 0. The first kappa shape index (κ1) is 17.2. The van der Waals surface area contributed by atoms with Crippen molar-refractivity contribution in [2.45, 2.75) is 18.9 Å². The quantitative estimate of drug-likeness (QED) is 0.750. The van der Waals surface area contributed by atoms with Crippen LogP contribution in [0, 0.1) is 0 Å². The maximum atomic E-state index is 12.4. The zero-order chi connectivity index (χ0) is 18.8. The van der Waals surface area contributed by atoms with Crippen LogP contribution in [0.2, 0.25) is 0 Å². The Labute approximate surface area is 155 Å². The van der Waals surface area contributed by atoms with Gasteiger partial charge in [-0.1, -0.05) is 12.1 Å². The number of aromatic nitrogens is 2. The van der Waals surface area contributed by atoms with Crippen molar-refractivity contribution in [3.05, 3.63) is 30.6 Å². The number of anilines is 1. The van der Waals surface area contributed by atoms with Crippen molar-refractivity contribution >= 4 is 34.6 Å². The molecule has 2 aliphatic heterocycles. The average Bonchev–Trinajstić information content (AvgIpc) is 3.03. The lowest BCUT2D eigenvalue weighted by Crippen LogP contribution is -2.49. The van der Waals surface area contributed by atoms with Crippen molar-refractivity contribution in [3.63, 3.8) is 0 Å². The van der Waals surface area contributed by atoms with Crippen LogP contribution in [-0.2, 0) is 9.59 Å². The first-order valence-corrected chi connectivity index (χ1v) is 8.95. The van der Waals surface area contributed by atoms with Crippen molar-refractivity contribution in [1.82, 2.24) is 25.5 Å². The second kappa shape index (κ2) is 7.18. The number of nitrogens with zero attached hydrogens (tertiary/aromatic N) is 4. The third-order valence-electron chi connectivity index (χ3n) is 4.96. The normalized spacial score (nSPS) is 19.9. The number of piperazine rings is 1. The summed E-state index contributed by atoms with van der Waals surface area (Å²) in [4.78, 5) is 47.8. The Morgan fingerprint density at radius 2 is 1.89 bits per heavy atom. The number of fused-ring (bicyclic) bond motifs is 1. The molecule has 9 nitrogen and oxygen atoms in total. The molecule has 1 aromatic carbocycles. The van der Waals surface area contributed by atoms with E-state index in [0.717, 1.165) is 16.7 Å². The van der Waals surface area contributed by atoms with E-state index in [2.05, 4.69) is 25.5 Å². The monoisotopic (exact) mass is 368 g/mol. The Bertz CT molecular complexity index is 888. The number of hydrogen-bond acceptors (Lipinski definition) is 6. The van der Waals surface area contributed by atoms with E-state index in [9.17, 15) is 14.4 Å². The summed E-state index contributed by atoms with van der Waals surface area (Å²) in [5.41, 5.74) is 0.901. The molecular weight excluding hydrogens is 348 g/mol. The van der Waals surface area contributed by atoms with Crippen molar-refractivity contribution < 1.29 is 14.4 Å². The summed E-state index contributed by atoms with van der Waals surface area (Å²) in [6, 6.07) is 6.76. The number of hydrogen-bond donors (Lipinski definition) is 2. The van der Waals surface area contributed by atoms with Crippen molar-refractivity contribution in [2.75, 3.05) is 31.1 Å². The van der Waals surface area contributed by atoms with Crippen LogP contribution in [0.4, 0.5) is 10.6 Å². The summed E-state index contributed by atoms with van der Waals surface area (Å²) in [6.07, 6.45) is 2.11. The minimum Gasteiger partial charge on any atom is -0.352 e. The van der Waals surface area contributed by atoms with E-state index < -0.39 is 12.1 Å². The molecule has 27 heavy (non-hydrogen) atoms. The Morgan fingerprint density at radius 3 is 2.63 bits per heavy atom. The summed E-state index contributed by atoms with van der Waals surface area (Å²) in [5, 5.41) is 5.69. The van der Waals surface area contributed by atoms with E-state index in [4.69, 9.17) is 0 Å². The van der Waals surface area contributed by atoms with Gasteiger partial charge in [-0.25, -0.2) is 14.8 Å². The highest BCUT2D eigenvalue weighted by Crippen LogP contribution is 2.23. The minimum absolute atomic E-state index is 0.00357. The summed E-state index contributed by atoms with van der Waals surface area (Å²) in [7, 11) is 0. The lowest BCUT2D eigenvalue weighted by molar-refractivity contribution is -0.131. The lowest BCUT2D eigenvalue weighted by atomic mass is 10.1. The van der Waals surface area contributed by atoms with Crippen molar-refractivity contribution in [1.29, 1.82) is 0 Å². The fourth-order valence-electron chi connectivity index (χ4n) is 3.50. The predicted octanol–water partition coefficient (Wildman–Crippen LogP) is 0.267. The Morgan fingerprint density at radius 1 is 1.11 bits per heavy atom. The van der Waals surface area contributed by atoms with E-state index >= 15 is 0 Å². The van der Waals surface area contributed by atoms with Crippen LogP contribution in [0.25, 0.3) is 10.9 Å². The SMILES string of the molecule is O=C1NC(=O)[C@H](CCC(=O)N2CCN(c3ncnc4ccccc34)CC2)N1. The number of nitrogens with one attached hydrogen (secondary N) is 2. The number of rotatable bonds is 4. The molecule has 2 N–H and O–H groups in total. The highest BCUT2D eigenvalue weighted by Gasteiger charge is 2.30. The maximum absolute atomic E-state index is 12.4. The van der Waals surface area contributed by atoms with Gasteiger partial charge in [-0.05, 0) is 18.6 Å². The van der Waals surface area contributed by atoms with Crippen LogP contribution in [-0.4, -0.2) is 64.9 Å². The van der Waals surface area contributed by atoms with Gasteiger partial charge >= 0.3 is 6.03 Å². The predicted molar refractivity (Wildman–Crippen MR) is 98.0 cm³/mol. The molecule has 0 bridgehead atoms. The van der Waals surface area contributed by atoms with Gasteiger partial charge in [-0.15, -0.1) is 0 Å². The van der Waals surface area contributed by atoms with Crippen LogP contribution >= 0.6 is 0 Å². The van der Waals surface area contributed by atoms with Gasteiger partial charge < -0.3 is 15.1 Å². The van der Waals surface area contributed by atoms with Gasteiger partial charge in [0, 0.05) is 38.0 Å². The van der Waals surface area contributed by atoms with E-state index in [1.54, 1.807) is 11.2 Å². The molecule has 3 heterocycles. The van der Waals surface area contributed by atoms with Gasteiger partial charge in [0.1, 0.15) is 18.2 Å². The van der Waals surface area contributed by atoms with Gasteiger partial charge in [0.05, 0.1) is 5.52 Å². The molecule has 9 heteroatoms. The zero-order valence-electron chi connectivity index (χ0n) is 14.7. The number of carbonyl (C=O) groups excluding carboxylic acids is 3. The van der Waals surface area contributed by atoms with Crippen molar-refractivity contribution in [2.24, 2.45) is 0 Å². The largest absolute Gasteiger partial charge is 0.352 e. The van der Waals surface area contributed by atoms with Gasteiger partial charge in [0.25, 0.3) is 5.91 Å². The highest BCUT2D eigenvalue weighted by molar-refractivity contribution is 6.04.